The van der Waals surface area contributed by atoms with E-state index in [4.69, 9.17) is 4.74 Å². The van der Waals surface area contributed by atoms with Crippen LogP contribution in [-0.2, 0) is 14.3 Å². The van der Waals surface area contributed by atoms with E-state index in [9.17, 15) is 9.59 Å². The van der Waals surface area contributed by atoms with Crippen LogP contribution in [0.5, 0.6) is 0 Å². The van der Waals surface area contributed by atoms with Crippen LogP contribution in [0.4, 0.5) is 5.69 Å². The number of carbonyl (C=O) groups excluding carboxylic acids is 2. The molecule has 0 bridgehead atoms. The molecule has 116 valence electrons. The molecule has 5 heteroatoms. The van der Waals surface area contributed by atoms with Gasteiger partial charge >= 0.3 is 11.8 Å². The van der Waals surface area contributed by atoms with Crippen molar-refractivity contribution in [1.82, 2.24) is 5.32 Å². The third-order valence-corrected chi connectivity index (χ3v) is 2.91. The summed E-state index contributed by atoms with van der Waals surface area (Å²) in [4.78, 5) is 23.5. The molecule has 0 saturated heterocycles. The van der Waals surface area contributed by atoms with Crippen molar-refractivity contribution < 1.29 is 14.3 Å². The Morgan fingerprint density at radius 2 is 1.90 bits per heavy atom. The van der Waals surface area contributed by atoms with Gasteiger partial charge in [-0.05, 0) is 51.3 Å². The Labute approximate surface area is 126 Å². The van der Waals surface area contributed by atoms with Gasteiger partial charge in [0.2, 0.25) is 0 Å². The summed E-state index contributed by atoms with van der Waals surface area (Å²) in [6.07, 6.45) is 0.856. The van der Waals surface area contributed by atoms with Gasteiger partial charge in [0.05, 0.1) is 6.10 Å². The molecule has 0 fully saturated rings. The van der Waals surface area contributed by atoms with E-state index >= 15 is 0 Å². The monoisotopic (exact) mass is 292 g/mol. The van der Waals surface area contributed by atoms with E-state index in [2.05, 4.69) is 10.6 Å². The third kappa shape index (κ3) is 6.40. The fraction of sp³-hybridized carbons (Fsp3) is 0.500. The molecule has 0 aliphatic rings. The Morgan fingerprint density at radius 3 is 2.57 bits per heavy atom. The van der Waals surface area contributed by atoms with Crippen LogP contribution in [-0.4, -0.2) is 31.1 Å². The molecule has 1 rings (SSSR count). The quantitative estimate of drug-likeness (QED) is 0.624. The highest BCUT2D eigenvalue weighted by Gasteiger charge is 2.14. The number of rotatable bonds is 6. The van der Waals surface area contributed by atoms with E-state index in [1.165, 1.54) is 0 Å². The molecule has 1 aromatic rings. The number of nitrogens with one attached hydrogen (secondary N) is 2. The minimum absolute atomic E-state index is 0.174. The average molecular weight is 292 g/mol. The van der Waals surface area contributed by atoms with Gasteiger partial charge in [-0.1, -0.05) is 12.1 Å². The van der Waals surface area contributed by atoms with Crippen LogP contribution in [0.15, 0.2) is 18.2 Å². The lowest BCUT2D eigenvalue weighted by Gasteiger charge is -2.10. The van der Waals surface area contributed by atoms with Crippen molar-refractivity contribution in [3.8, 4) is 0 Å². The first-order valence-electron chi connectivity index (χ1n) is 7.18. The normalized spacial score (nSPS) is 10.5. The standard InChI is InChI=1S/C16H24N2O3/c1-11(2)21-9-5-8-17-15(19)16(20)18-14-10-12(3)6-7-13(14)4/h6-7,10-11H,5,8-9H2,1-4H3,(H,17,19)(H,18,20). The maximum atomic E-state index is 11.8. The molecule has 0 heterocycles. The Bertz CT molecular complexity index is 498. The second kappa shape index (κ2) is 8.42. The van der Waals surface area contributed by atoms with Crippen molar-refractivity contribution in [3.63, 3.8) is 0 Å². The second-order valence-corrected chi connectivity index (χ2v) is 5.30. The zero-order chi connectivity index (χ0) is 15.8. The van der Waals surface area contributed by atoms with Crippen molar-refractivity contribution in [2.45, 2.75) is 40.2 Å². The molecule has 0 saturated carbocycles. The smallest absolute Gasteiger partial charge is 0.313 e. The molecule has 0 unspecified atom stereocenters. The number of benzene rings is 1. The first kappa shape index (κ1) is 17.2. The van der Waals surface area contributed by atoms with Gasteiger partial charge in [-0.2, -0.15) is 0 Å². The van der Waals surface area contributed by atoms with Crippen molar-refractivity contribution in [3.05, 3.63) is 29.3 Å². The summed E-state index contributed by atoms with van der Waals surface area (Å²) < 4.78 is 5.36. The molecular formula is C16H24N2O3. The summed E-state index contributed by atoms with van der Waals surface area (Å²) in [6.45, 7) is 8.72. The van der Waals surface area contributed by atoms with Crippen LogP contribution in [0.2, 0.25) is 0 Å². The van der Waals surface area contributed by atoms with Gasteiger partial charge < -0.3 is 15.4 Å². The lowest BCUT2D eigenvalue weighted by molar-refractivity contribution is -0.136. The van der Waals surface area contributed by atoms with Crippen molar-refractivity contribution in [2.24, 2.45) is 0 Å². The van der Waals surface area contributed by atoms with Gasteiger partial charge in [-0.25, -0.2) is 0 Å². The Hall–Kier alpha value is -1.88. The molecule has 1 aromatic carbocycles. The predicted octanol–water partition coefficient (Wildman–Crippen LogP) is 2.17. The molecule has 2 N–H and O–H groups in total. The minimum Gasteiger partial charge on any atom is -0.379 e. The maximum Gasteiger partial charge on any atom is 0.313 e. The molecule has 2 amide bonds. The average Bonchev–Trinajstić information content (AvgIpc) is 2.41. The SMILES string of the molecule is Cc1ccc(C)c(NC(=O)C(=O)NCCCOC(C)C)c1. The van der Waals surface area contributed by atoms with Gasteiger partial charge in [0, 0.05) is 18.8 Å². The summed E-state index contributed by atoms with van der Waals surface area (Å²) >= 11 is 0. The Morgan fingerprint density at radius 1 is 1.19 bits per heavy atom. The van der Waals surface area contributed by atoms with E-state index in [1.807, 2.05) is 45.9 Å². The molecule has 21 heavy (non-hydrogen) atoms. The Balaban J connectivity index is 2.37. The molecule has 0 atom stereocenters. The van der Waals surface area contributed by atoms with Gasteiger partial charge in [-0.15, -0.1) is 0 Å². The van der Waals surface area contributed by atoms with Crippen LogP contribution in [0.1, 0.15) is 31.4 Å². The highest BCUT2D eigenvalue weighted by atomic mass is 16.5. The molecular weight excluding hydrogens is 268 g/mol. The maximum absolute atomic E-state index is 11.8. The summed E-state index contributed by atoms with van der Waals surface area (Å²) in [5.41, 5.74) is 2.62. The highest BCUT2D eigenvalue weighted by molar-refractivity contribution is 6.39. The lowest BCUT2D eigenvalue weighted by atomic mass is 10.1. The number of ether oxygens (including phenoxy) is 1. The zero-order valence-corrected chi connectivity index (χ0v) is 13.2. The van der Waals surface area contributed by atoms with Gasteiger partial charge in [-0.3, -0.25) is 9.59 Å². The summed E-state index contributed by atoms with van der Waals surface area (Å²) in [7, 11) is 0. The summed E-state index contributed by atoms with van der Waals surface area (Å²) in [6, 6.07) is 5.71. The fourth-order valence-electron chi connectivity index (χ4n) is 1.72. The van der Waals surface area contributed by atoms with E-state index in [0.717, 1.165) is 11.1 Å². The van der Waals surface area contributed by atoms with Crippen molar-refractivity contribution >= 4 is 17.5 Å². The van der Waals surface area contributed by atoms with Crippen LogP contribution >= 0.6 is 0 Å². The zero-order valence-electron chi connectivity index (χ0n) is 13.2. The van der Waals surface area contributed by atoms with Gasteiger partial charge in [0.15, 0.2) is 0 Å². The predicted molar refractivity (Wildman–Crippen MR) is 83.3 cm³/mol. The van der Waals surface area contributed by atoms with E-state index < -0.39 is 11.8 Å². The largest absolute Gasteiger partial charge is 0.379 e. The molecule has 0 aliphatic heterocycles. The first-order chi connectivity index (χ1) is 9.90. The van der Waals surface area contributed by atoms with Gasteiger partial charge in [0.25, 0.3) is 0 Å². The van der Waals surface area contributed by atoms with Crippen molar-refractivity contribution in [1.29, 1.82) is 0 Å². The molecule has 5 nitrogen and oxygen atoms in total. The number of aryl methyl sites for hydroxylation is 2. The summed E-state index contributed by atoms with van der Waals surface area (Å²) in [5.74, 6) is -1.27. The van der Waals surface area contributed by atoms with E-state index in [0.29, 0.717) is 25.3 Å². The highest BCUT2D eigenvalue weighted by Crippen LogP contribution is 2.15. The molecule has 0 radical (unpaired) electrons. The van der Waals surface area contributed by atoms with E-state index in [1.54, 1.807) is 0 Å². The number of amides is 2. The second-order valence-electron chi connectivity index (χ2n) is 5.30. The number of carbonyl (C=O) groups is 2. The summed E-state index contributed by atoms with van der Waals surface area (Å²) in [5, 5.41) is 5.21. The first-order valence-corrected chi connectivity index (χ1v) is 7.18. The van der Waals surface area contributed by atoms with Crippen LogP contribution in [0, 0.1) is 13.8 Å². The molecule has 0 aliphatic carbocycles. The number of hydrogen-bond donors (Lipinski definition) is 2. The number of hydrogen-bond acceptors (Lipinski definition) is 3. The van der Waals surface area contributed by atoms with E-state index in [-0.39, 0.29) is 6.10 Å². The Kier molecular flexibility index (Phi) is 6.88. The molecule has 0 spiro atoms. The number of anilines is 1. The van der Waals surface area contributed by atoms with Gasteiger partial charge in [0.1, 0.15) is 0 Å². The fourth-order valence-corrected chi connectivity index (χ4v) is 1.72. The minimum atomic E-state index is -0.645. The van der Waals surface area contributed by atoms with Crippen molar-refractivity contribution in [2.75, 3.05) is 18.5 Å². The topological polar surface area (TPSA) is 67.4 Å². The van der Waals surface area contributed by atoms with Crippen LogP contribution < -0.4 is 10.6 Å². The lowest BCUT2D eigenvalue weighted by Crippen LogP contribution is -2.36. The van der Waals surface area contributed by atoms with Crippen LogP contribution in [0.3, 0.4) is 0 Å². The van der Waals surface area contributed by atoms with Crippen LogP contribution in [0.25, 0.3) is 0 Å². The molecule has 0 aromatic heterocycles. The third-order valence-electron chi connectivity index (χ3n) is 2.91.